The molecule has 4 heterocycles. The van der Waals surface area contributed by atoms with Crippen LogP contribution in [-0.4, -0.2) is 41.6 Å². The Hall–Kier alpha value is -4.08. The summed E-state index contributed by atoms with van der Waals surface area (Å²) in [4.78, 5) is 21.7. The third-order valence-electron chi connectivity index (χ3n) is 5.45. The Morgan fingerprint density at radius 2 is 2.03 bits per heavy atom. The molecule has 5 rings (SSSR count). The zero-order chi connectivity index (χ0) is 21.7. The van der Waals surface area contributed by atoms with Crippen molar-refractivity contribution in [1.82, 2.24) is 34.5 Å². The minimum atomic E-state index is -0.566. The molecule has 0 amide bonds. The zero-order valence-electron chi connectivity index (χ0n) is 17.0. The van der Waals surface area contributed by atoms with Crippen LogP contribution in [0, 0.1) is 5.82 Å². The van der Waals surface area contributed by atoms with Gasteiger partial charge >= 0.3 is 5.69 Å². The number of pyridine rings is 2. The highest BCUT2D eigenvalue weighted by molar-refractivity contribution is 6.05. The summed E-state index contributed by atoms with van der Waals surface area (Å²) in [5.41, 5.74) is 3.42. The number of nitrogens with one attached hydrogen (secondary N) is 1. The molecule has 4 aromatic heterocycles. The fraction of sp³-hybridized carbons (Fsp3) is 0.190. The molecule has 156 valence electrons. The monoisotopic (exact) mass is 419 g/mol. The van der Waals surface area contributed by atoms with Crippen LogP contribution in [0.1, 0.15) is 12.5 Å². The predicted molar refractivity (Wildman–Crippen MR) is 113 cm³/mol. The summed E-state index contributed by atoms with van der Waals surface area (Å²) >= 11 is 0. The number of aryl methyl sites for hydroxylation is 2. The number of halogens is 1. The van der Waals surface area contributed by atoms with E-state index in [1.807, 2.05) is 13.0 Å². The Bertz CT molecular complexity index is 1500. The highest BCUT2D eigenvalue weighted by Gasteiger charge is 2.22. The maximum Gasteiger partial charge on any atom is 0.333 e. The maximum absolute atomic E-state index is 15.0. The molecule has 0 saturated heterocycles. The van der Waals surface area contributed by atoms with Gasteiger partial charge in [0.05, 0.1) is 47.9 Å². The van der Waals surface area contributed by atoms with Crippen LogP contribution in [0.15, 0.2) is 41.7 Å². The number of hydrogen-bond acceptors (Lipinski definition) is 6. The molecule has 0 aliphatic heterocycles. The molecule has 0 unspecified atom stereocenters. The number of fused-ring (bicyclic) bond motifs is 3. The number of aromatic amines is 1. The Kier molecular flexibility index (Phi) is 4.28. The fourth-order valence-corrected chi connectivity index (χ4v) is 3.91. The van der Waals surface area contributed by atoms with Gasteiger partial charge in [0.1, 0.15) is 11.4 Å². The van der Waals surface area contributed by atoms with Crippen molar-refractivity contribution in [1.29, 1.82) is 0 Å². The first-order valence-electron chi connectivity index (χ1n) is 9.62. The average molecular weight is 419 g/mol. The van der Waals surface area contributed by atoms with Crippen molar-refractivity contribution < 1.29 is 9.13 Å². The molecule has 31 heavy (non-hydrogen) atoms. The summed E-state index contributed by atoms with van der Waals surface area (Å²) in [5, 5.41) is 11.3. The molecule has 9 nitrogen and oxygen atoms in total. The summed E-state index contributed by atoms with van der Waals surface area (Å²) < 4.78 is 23.4. The first-order valence-corrected chi connectivity index (χ1v) is 9.62. The standard InChI is InChI=1S/C21H18FN7O2/c1-4-11-7-23-8-14(22)19(11)29-20-13-5-12(16-9-25-27-26-16)18(31-3)6-15(13)24-10-17(20)28(2)21(29)30/h5-10H,4H2,1-3H3,(H,25,26,27). The molecular weight excluding hydrogens is 401 g/mol. The highest BCUT2D eigenvalue weighted by atomic mass is 19.1. The smallest absolute Gasteiger partial charge is 0.333 e. The van der Waals surface area contributed by atoms with Crippen molar-refractivity contribution in [3.05, 3.63) is 58.8 Å². The van der Waals surface area contributed by atoms with Gasteiger partial charge in [-0.05, 0) is 18.1 Å². The highest BCUT2D eigenvalue weighted by Crippen LogP contribution is 2.35. The van der Waals surface area contributed by atoms with Gasteiger partial charge in [-0.2, -0.15) is 15.4 Å². The number of rotatable bonds is 4. The van der Waals surface area contributed by atoms with E-state index in [1.54, 1.807) is 38.8 Å². The summed E-state index contributed by atoms with van der Waals surface area (Å²) in [6, 6.07) is 3.60. The minimum Gasteiger partial charge on any atom is -0.496 e. The largest absolute Gasteiger partial charge is 0.496 e. The van der Waals surface area contributed by atoms with Crippen LogP contribution in [0.25, 0.3) is 38.9 Å². The molecule has 10 heteroatoms. The van der Waals surface area contributed by atoms with Gasteiger partial charge in [0, 0.05) is 30.3 Å². The minimum absolute atomic E-state index is 0.194. The van der Waals surface area contributed by atoms with Crippen molar-refractivity contribution in [2.75, 3.05) is 7.11 Å². The van der Waals surface area contributed by atoms with Gasteiger partial charge in [0.2, 0.25) is 0 Å². The molecule has 0 bridgehead atoms. The normalized spacial score (nSPS) is 11.5. The van der Waals surface area contributed by atoms with Crippen molar-refractivity contribution in [2.24, 2.45) is 7.05 Å². The van der Waals surface area contributed by atoms with Gasteiger partial charge in [-0.3, -0.25) is 19.1 Å². The summed E-state index contributed by atoms with van der Waals surface area (Å²) in [6.07, 6.45) is 6.40. The summed E-state index contributed by atoms with van der Waals surface area (Å²) in [6.45, 7) is 1.89. The average Bonchev–Trinajstić information content (AvgIpc) is 3.40. The van der Waals surface area contributed by atoms with Crippen LogP contribution in [-0.2, 0) is 13.5 Å². The van der Waals surface area contributed by atoms with E-state index < -0.39 is 5.82 Å². The Morgan fingerprint density at radius 1 is 1.19 bits per heavy atom. The van der Waals surface area contributed by atoms with E-state index in [9.17, 15) is 9.18 Å². The molecule has 0 aliphatic rings. The maximum atomic E-state index is 15.0. The molecule has 5 aromatic rings. The number of imidazole rings is 1. The van der Waals surface area contributed by atoms with Gasteiger partial charge in [-0.1, -0.05) is 6.92 Å². The number of hydrogen-bond donors (Lipinski definition) is 1. The molecule has 1 N–H and O–H groups in total. The molecule has 0 saturated carbocycles. The van der Waals surface area contributed by atoms with Gasteiger partial charge in [0.25, 0.3) is 0 Å². The number of benzene rings is 1. The second-order valence-corrected chi connectivity index (χ2v) is 7.08. The van der Waals surface area contributed by atoms with E-state index in [4.69, 9.17) is 4.74 Å². The first kappa shape index (κ1) is 18.9. The molecule has 0 aliphatic carbocycles. The molecule has 1 aromatic carbocycles. The van der Waals surface area contributed by atoms with Gasteiger partial charge in [-0.25, -0.2) is 9.18 Å². The number of aromatic nitrogens is 7. The van der Waals surface area contributed by atoms with E-state index >= 15 is 0 Å². The molecule has 0 fully saturated rings. The lowest BCUT2D eigenvalue weighted by Crippen LogP contribution is -2.22. The number of H-pyrrole nitrogens is 1. The quantitative estimate of drug-likeness (QED) is 0.480. The molecule has 0 atom stereocenters. The van der Waals surface area contributed by atoms with Crippen LogP contribution in [0.5, 0.6) is 5.75 Å². The zero-order valence-corrected chi connectivity index (χ0v) is 17.0. The third kappa shape index (κ3) is 2.71. The van der Waals surface area contributed by atoms with Crippen LogP contribution in [0.3, 0.4) is 0 Å². The number of ether oxygens (including phenoxy) is 1. The third-order valence-corrected chi connectivity index (χ3v) is 5.45. The lowest BCUT2D eigenvalue weighted by molar-refractivity contribution is 0.417. The van der Waals surface area contributed by atoms with Crippen molar-refractivity contribution in [3.8, 4) is 22.7 Å². The second kappa shape index (κ2) is 7.01. The van der Waals surface area contributed by atoms with Crippen LogP contribution < -0.4 is 10.4 Å². The number of nitrogens with zero attached hydrogens (tertiary/aromatic N) is 6. The summed E-state index contributed by atoms with van der Waals surface area (Å²) in [5.74, 6) is -0.00781. The van der Waals surface area contributed by atoms with E-state index in [0.717, 1.165) is 6.20 Å². The fourth-order valence-electron chi connectivity index (χ4n) is 3.91. The predicted octanol–water partition coefficient (Wildman–Crippen LogP) is 2.77. The van der Waals surface area contributed by atoms with Crippen molar-refractivity contribution in [2.45, 2.75) is 13.3 Å². The van der Waals surface area contributed by atoms with Gasteiger partial charge < -0.3 is 4.74 Å². The number of methoxy groups -OCH3 is 1. The lowest BCUT2D eigenvalue weighted by Gasteiger charge is -2.12. The van der Waals surface area contributed by atoms with E-state index in [2.05, 4.69) is 25.4 Å². The summed E-state index contributed by atoms with van der Waals surface area (Å²) in [7, 11) is 3.20. The molecule has 0 spiro atoms. The van der Waals surface area contributed by atoms with Crippen LogP contribution in [0.2, 0.25) is 0 Å². The van der Waals surface area contributed by atoms with E-state index in [1.165, 1.54) is 9.13 Å². The van der Waals surface area contributed by atoms with E-state index in [-0.39, 0.29) is 11.4 Å². The van der Waals surface area contributed by atoms with Gasteiger partial charge in [-0.15, -0.1) is 0 Å². The topological polar surface area (TPSA) is 104 Å². The second-order valence-electron chi connectivity index (χ2n) is 7.08. The Balaban J connectivity index is 1.98. The SMILES string of the molecule is CCc1cncc(F)c1-n1c(=O)n(C)c2cnc3cc(OC)c(-c4cn[nH]n4)cc3c21. The van der Waals surface area contributed by atoms with Crippen molar-refractivity contribution >= 4 is 21.9 Å². The van der Waals surface area contributed by atoms with Crippen molar-refractivity contribution in [3.63, 3.8) is 0 Å². The van der Waals surface area contributed by atoms with E-state index in [0.29, 0.717) is 50.9 Å². The molecular formula is C21H18FN7O2. The molecule has 0 radical (unpaired) electrons. The Labute approximate surface area is 175 Å². The first-order chi connectivity index (χ1) is 15.0. The Morgan fingerprint density at radius 3 is 2.74 bits per heavy atom. The van der Waals surface area contributed by atoms with Crippen LogP contribution in [0.4, 0.5) is 4.39 Å². The van der Waals surface area contributed by atoms with Gasteiger partial charge in [0.15, 0.2) is 5.82 Å². The van der Waals surface area contributed by atoms with Crippen LogP contribution >= 0.6 is 0 Å². The lowest BCUT2D eigenvalue weighted by atomic mass is 10.1.